The molecular weight excluding hydrogens is 196 g/mol. The fourth-order valence-corrected chi connectivity index (χ4v) is 2.37. The van der Waals surface area contributed by atoms with Crippen LogP contribution in [0.15, 0.2) is 35.6 Å². The summed E-state index contributed by atoms with van der Waals surface area (Å²) in [4.78, 5) is 0. The van der Waals surface area contributed by atoms with Gasteiger partial charge in [-0.05, 0) is 50.7 Å². The van der Waals surface area contributed by atoms with Crippen LogP contribution in [0.4, 0.5) is 0 Å². The zero-order valence-corrected chi connectivity index (χ0v) is 10.2. The summed E-state index contributed by atoms with van der Waals surface area (Å²) in [6, 6.07) is 0. The van der Waals surface area contributed by atoms with Crippen molar-refractivity contribution >= 4 is 0 Å². The van der Waals surface area contributed by atoms with E-state index in [1.165, 1.54) is 37.7 Å². The molecule has 0 saturated heterocycles. The van der Waals surface area contributed by atoms with Gasteiger partial charge < -0.3 is 4.74 Å². The highest BCUT2D eigenvalue weighted by Crippen LogP contribution is 2.24. The summed E-state index contributed by atoms with van der Waals surface area (Å²) < 4.78 is 6.03. The van der Waals surface area contributed by atoms with Crippen LogP contribution in [0.3, 0.4) is 0 Å². The van der Waals surface area contributed by atoms with E-state index in [1.54, 1.807) is 0 Å². The Bertz CT molecular complexity index is 303. The van der Waals surface area contributed by atoms with Crippen LogP contribution in [0.25, 0.3) is 0 Å². The van der Waals surface area contributed by atoms with Crippen LogP contribution in [0.1, 0.15) is 51.9 Å². The van der Waals surface area contributed by atoms with E-state index in [0.29, 0.717) is 6.10 Å². The molecule has 0 aromatic heterocycles. The molecule has 88 valence electrons. The SMILES string of the molecule is CCC1=CC=C(OC2CCCCC2)C=CC1. The summed E-state index contributed by atoms with van der Waals surface area (Å²) >= 11 is 0. The van der Waals surface area contributed by atoms with Gasteiger partial charge in [-0.1, -0.05) is 31.1 Å². The Morgan fingerprint density at radius 3 is 2.75 bits per heavy atom. The molecule has 1 nitrogen and oxygen atoms in total. The lowest BCUT2D eigenvalue weighted by Gasteiger charge is -2.23. The van der Waals surface area contributed by atoms with Gasteiger partial charge in [0.1, 0.15) is 5.76 Å². The predicted molar refractivity (Wildman–Crippen MR) is 68.2 cm³/mol. The Labute approximate surface area is 98.9 Å². The third-order valence-corrected chi connectivity index (χ3v) is 3.45. The first kappa shape index (κ1) is 11.5. The van der Waals surface area contributed by atoms with Gasteiger partial charge in [-0.15, -0.1) is 0 Å². The molecule has 0 spiro atoms. The fourth-order valence-electron chi connectivity index (χ4n) is 2.37. The number of rotatable bonds is 3. The van der Waals surface area contributed by atoms with Gasteiger partial charge in [0, 0.05) is 0 Å². The minimum absolute atomic E-state index is 0.459. The van der Waals surface area contributed by atoms with Crippen LogP contribution in [0, 0.1) is 0 Å². The Morgan fingerprint density at radius 1 is 1.19 bits per heavy atom. The molecule has 2 rings (SSSR count). The summed E-state index contributed by atoms with van der Waals surface area (Å²) in [5.41, 5.74) is 1.48. The molecule has 0 amide bonds. The lowest BCUT2D eigenvalue weighted by molar-refractivity contribution is 0.0901. The van der Waals surface area contributed by atoms with Crippen LogP contribution in [0.2, 0.25) is 0 Å². The first-order valence-corrected chi connectivity index (χ1v) is 6.61. The molecule has 2 aliphatic rings. The lowest BCUT2D eigenvalue weighted by atomic mass is 9.98. The Morgan fingerprint density at radius 2 is 2.00 bits per heavy atom. The molecule has 0 aliphatic heterocycles. The summed E-state index contributed by atoms with van der Waals surface area (Å²) in [7, 11) is 0. The smallest absolute Gasteiger partial charge is 0.119 e. The normalized spacial score (nSPS) is 22.3. The summed E-state index contributed by atoms with van der Waals surface area (Å²) in [5.74, 6) is 1.05. The van der Waals surface area contributed by atoms with Crippen molar-refractivity contribution < 1.29 is 4.74 Å². The summed E-state index contributed by atoms with van der Waals surface area (Å²) in [5, 5.41) is 0. The molecular formula is C15H22O. The van der Waals surface area contributed by atoms with Crippen molar-refractivity contribution in [3.05, 3.63) is 35.6 Å². The molecule has 2 aliphatic carbocycles. The van der Waals surface area contributed by atoms with Gasteiger partial charge in [-0.25, -0.2) is 0 Å². The maximum atomic E-state index is 6.03. The van der Waals surface area contributed by atoms with Crippen LogP contribution in [0.5, 0.6) is 0 Å². The topological polar surface area (TPSA) is 9.23 Å². The highest BCUT2D eigenvalue weighted by Gasteiger charge is 2.15. The number of hydrogen-bond acceptors (Lipinski definition) is 1. The predicted octanol–water partition coefficient (Wildman–Crippen LogP) is 4.52. The van der Waals surface area contributed by atoms with E-state index in [-0.39, 0.29) is 0 Å². The molecule has 0 heterocycles. The van der Waals surface area contributed by atoms with Gasteiger partial charge in [-0.2, -0.15) is 0 Å². The number of ether oxygens (including phenoxy) is 1. The zero-order chi connectivity index (χ0) is 11.2. The molecule has 1 saturated carbocycles. The summed E-state index contributed by atoms with van der Waals surface area (Å²) in [6.45, 7) is 2.21. The van der Waals surface area contributed by atoms with Crippen molar-refractivity contribution in [2.45, 2.75) is 58.0 Å². The molecule has 0 aromatic carbocycles. The second-order valence-electron chi connectivity index (χ2n) is 4.73. The first-order valence-electron chi connectivity index (χ1n) is 6.61. The van der Waals surface area contributed by atoms with Crippen LogP contribution >= 0.6 is 0 Å². The van der Waals surface area contributed by atoms with Crippen molar-refractivity contribution in [3.8, 4) is 0 Å². The number of allylic oxidation sites excluding steroid dienone is 5. The van der Waals surface area contributed by atoms with Crippen molar-refractivity contribution in [2.75, 3.05) is 0 Å². The minimum atomic E-state index is 0.459. The van der Waals surface area contributed by atoms with Gasteiger partial charge >= 0.3 is 0 Å². The standard InChI is InChI=1S/C15H22O/c1-2-13-7-6-10-15(12-11-13)16-14-8-4-3-5-9-14/h6,10-12,14H,2-5,7-9H2,1H3. The fraction of sp³-hybridized carbons (Fsp3) is 0.600. The Kier molecular flexibility index (Phi) is 4.26. The average Bonchev–Trinajstić information content (AvgIpc) is 2.56. The highest BCUT2D eigenvalue weighted by molar-refractivity contribution is 5.27. The second kappa shape index (κ2) is 5.93. The molecule has 0 N–H and O–H groups in total. The van der Waals surface area contributed by atoms with Gasteiger partial charge in [-0.3, -0.25) is 0 Å². The monoisotopic (exact) mass is 218 g/mol. The molecule has 0 atom stereocenters. The largest absolute Gasteiger partial charge is 0.490 e. The zero-order valence-electron chi connectivity index (χ0n) is 10.2. The van der Waals surface area contributed by atoms with Crippen molar-refractivity contribution in [1.29, 1.82) is 0 Å². The van der Waals surface area contributed by atoms with Crippen molar-refractivity contribution in [3.63, 3.8) is 0 Å². The Hall–Kier alpha value is -0.980. The van der Waals surface area contributed by atoms with E-state index in [0.717, 1.165) is 18.6 Å². The van der Waals surface area contributed by atoms with E-state index >= 15 is 0 Å². The average molecular weight is 218 g/mol. The van der Waals surface area contributed by atoms with E-state index in [1.807, 2.05) is 0 Å². The van der Waals surface area contributed by atoms with Crippen LogP contribution < -0.4 is 0 Å². The molecule has 0 bridgehead atoms. The van der Waals surface area contributed by atoms with E-state index < -0.39 is 0 Å². The molecule has 0 unspecified atom stereocenters. The molecule has 1 fully saturated rings. The third kappa shape index (κ3) is 3.26. The van der Waals surface area contributed by atoms with Crippen LogP contribution in [-0.4, -0.2) is 6.10 Å². The van der Waals surface area contributed by atoms with Crippen molar-refractivity contribution in [2.24, 2.45) is 0 Å². The van der Waals surface area contributed by atoms with E-state index in [9.17, 15) is 0 Å². The minimum Gasteiger partial charge on any atom is -0.490 e. The van der Waals surface area contributed by atoms with E-state index in [2.05, 4.69) is 31.2 Å². The lowest BCUT2D eigenvalue weighted by Crippen LogP contribution is -2.15. The molecule has 0 radical (unpaired) electrons. The second-order valence-corrected chi connectivity index (χ2v) is 4.73. The number of hydrogen-bond donors (Lipinski definition) is 0. The summed E-state index contributed by atoms with van der Waals surface area (Å²) in [6.07, 6.45) is 17.9. The van der Waals surface area contributed by atoms with Crippen molar-refractivity contribution in [1.82, 2.24) is 0 Å². The van der Waals surface area contributed by atoms with Gasteiger partial charge in [0.2, 0.25) is 0 Å². The molecule has 1 heteroatoms. The van der Waals surface area contributed by atoms with Gasteiger partial charge in [0.25, 0.3) is 0 Å². The third-order valence-electron chi connectivity index (χ3n) is 3.45. The molecule has 0 aromatic rings. The highest BCUT2D eigenvalue weighted by atomic mass is 16.5. The molecule has 16 heavy (non-hydrogen) atoms. The van der Waals surface area contributed by atoms with Gasteiger partial charge in [0.05, 0.1) is 6.10 Å². The quantitative estimate of drug-likeness (QED) is 0.677. The van der Waals surface area contributed by atoms with E-state index in [4.69, 9.17) is 4.74 Å². The first-order chi connectivity index (χ1) is 7.88. The van der Waals surface area contributed by atoms with Crippen LogP contribution in [-0.2, 0) is 4.74 Å². The maximum absolute atomic E-state index is 6.03. The van der Waals surface area contributed by atoms with Gasteiger partial charge in [0.15, 0.2) is 0 Å². The Balaban J connectivity index is 1.93. The maximum Gasteiger partial charge on any atom is 0.119 e.